The van der Waals surface area contributed by atoms with Crippen molar-refractivity contribution in [1.29, 1.82) is 0 Å². The summed E-state index contributed by atoms with van der Waals surface area (Å²) in [6.07, 6.45) is 1.60. The molecule has 0 saturated carbocycles. The van der Waals surface area contributed by atoms with E-state index in [2.05, 4.69) is 10.3 Å². The Morgan fingerprint density at radius 1 is 1.21 bits per heavy atom. The molecule has 0 atom stereocenters. The molecule has 3 rings (SSSR count). The van der Waals surface area contributed by atoms with Gasteiger partial charge >= 0.3 is 0 Å². The molecule has 8 heteroatoms. The molecule has 0 bridgehead atoms. The van der Waals surface area contributed by atoms with Gasteiger partial charge in [-0.3, -0.25) is 19.0 Å². The number of fused-ring (bicyclic) bond motifs is 1. The highest BCUT2D eigenvalue weighted by Crippen LogP contribution is 2.16. The fraction of sp³-hybridized carbons (Fsp3) is 0.300. The number of aryl methyl sites for hydroxylation is 1. The highest BCUT2D eigenvalue weighted by molar-refractivity contribution is 5.93. The monoisotopic (exact) mass is 382 g/mol. The van der Waals surface area contributed by atoms with Crippen molar-refractivity contribution in [2.75, 3.05) is 5.32 Å². The minimum Gasteiger partial charge on any atom is -0.508 e. The molecule has 146 valence electrons. The van der Waals surface area contributed by atoms with Crippen LogP contribution in [-0.4, -0.2) is 25.1 Å². The largest absolute Gasteiger partial charge is 0.508 e. The van der Waals surface area contributed by atoms with E-state index in [4.69, 9.17) is 0 Å². The number of benzene rings is 1. The maximum absolute atomic E-state index is 12.6. The van der Waals surface area contributed by atoms with Crippen LogP contribution in [0.1, 0.15) is 32.0 Å². The third-order valence-corrected chi connectivity index (χ3v) is 4.51. The number of rotatable bonds is 5. The number of aromatic nitrogens is 3. The fourth-order valence-electron chi connectivity index (χ4n) is 3.02. The second-order valence-corrected chi connectivity index (χ2v) is 6.93. The van der Waals surface area contributed by atoms with Gasteiger partial charge in [-0.25, -0.2) is 4.98 Å². The predicted molar refractivity (Wildman–Crippen MR) is 107 cm³/mol. The van der Waals surface area contributed by atoms with Crippen LogP contribution >= 0.6 is 0 Å². The number of amides is 1. The Balaban J connectivity index is 1.77. The first kappa shape index (κ1) is 19.3. The van der Waals surface area contributed by atoms with Crippen LogP contribution in [0.5, 0.6) is 5.75 Å². The van der Waals surface area contributed by atoms with Gasteiger partial charge in [-0.1, -0.05) is 0 Å². The average molecular weight is 382 g/mol. The Bertz CT molecular complexity index is 1160. The minimum atomic E-state index is -0.365. The molecule has 0 aliphatic carbocycles. The lowest BCUT2D eigenvalue weighted by atomic mass is 10.2. The Hall–Kier alpha value is -3.42. The van der Waals surface area contributed by atoms with E-state index in [0.717, 1.165) is 6.07 Å². The highest BCUT2D eigenvalue weighted by atomic mass is 16.3. The number of aromatic hydroxyl groups is 1. The van der Waals surface area contributed by atoms with E-state index in [1.165, 1.54) is 21.5 Å². The maximum atomic E-state index is 12.6. The van der Waals surface area contributed by atoms with Crippen LogP contribution in [0, 0.1) is 6.92 Å². The van der Waals surface area contributed by atoms with E-state index in [0.29, 0.717) is 22.3 Å². The topological polar surface area (TPSA) is 106 Å². The Kier molecular flexibility index (Phi) is 5.30. The summed E-state index contributed by atoms with van der Waals surface area (Å²) < 4.78 is 2.96. The molecular formula is C20H22N4O4. The van der Waals surface area contributed by atoms with Crippen molar-refractivity contribution in [3.63, 3.8) is 0 Å². The number of pyridine rings is 1. The molecule has 8 nitrogen and oxygen atoms in total. The van der Waals surface area contributed by atoms with Crippen LogP contribution in [0.25, 0.3) is 10.9 Å². The zero-order chi connectivity index (χ0) is 20.4. The second-order valence-electron chi connectivity index (χ2n) is 6.93. The van der Waals surface area contributed by atoms with Gasteiger partial charge in [0.25, 0.3) is 11.1 Å². The van der Waals surface area contributed by atoms with E-state index in [1.807, 2.05) is 13.8 Å². The Labute approximate surface area is 161 Å². The van der Waals surface area contributed by atoms with Crippen molar-refractivity contribution in [3.8, 4) is 5.75 Å². The van der Waals surface area contributed by atoms with E-state index in [9.17, 15) is 19.5 Å². The maximum Gasteiger partial charge on any atom is 0.261 e. The van der Waals surface area contributed by atoms with Crippen molar-refractivity contribution in [2.45, 2.75) is 39.8 Å². The number of nitrogens with zero attached hydrogens (tertiary/aromatic N) is 3. The second kappa shape index (κ2) is 7.67. The molecule has 1 aromatic carbocycles. The van der Waals surface area contributed by atoms with Gasteiger partial charge in [0, 0.05) is 36.5 Å². The van der Waals surface area contributed by atoms with Gasteiger partial charge in [-0.2, -0.15) is 0 Å². The molecular weight excluding hydrogens is 360 g/mol. The number of anilines is 1. The lowest BCUT2D eigenvalue weighted by Crippen LogP contribution is -2.24. The van der Waals surface area contributed by atoms with Crippen LogP contribution in [0.2, 0.25) is 0 Å². The van der Waals surface area contributed by atoms with Crippen LogP contribution in [0.4, 0.5) is 5.69 Å². The van der Waals surface area contributed by atoms with Gasteiger partial charge < -0.3 is 15.0 Å². The van der Waals surface area contributed by atoms with Gasteiger partial charge in [0.15, 0.2) is 0 Å². The molecule has 0 fully saturated rings. The molecule has 2 N–H and O–H groups in total. The minimum absolute atomic E-state index is 0.0190. The summed E-state index contributed by atoms with van der Waals surface area (Å²) >= 11 is 0. The first-order valence-electron chi connectivity index (χ1n) is 8.97. The molecule has 28 heavy (non-hydrogen) atoms. The summed E-state index contributed by atoms with van der Waals surface area (Å²) in [4.78, 5) is 41.1. The zero-order valence-corrected chi connectivity index (χ0v) is 16.0. The molecule has 2 aromatic heterocycles. The number of nitrogens with one attached hydrogen (secondary N) is 1. The number of hydrogen-bond acceptors (Lipinski definition) is 5. The van der Waals surface area contributed by atoms with Crippen molar-refractivity contribution in [1.82, 2.24) is 14.1 Å². The smallest absolute Gasteiger partial charge is 0.261 e. The Morgan fingerprint density at radius 3 is 2.64 bits per heavy atom. The van der Waals surface area contributed by atoms with Crippen molar-refractivity contribution >= 4 is 22.5 Å². The zero-order valence-electron chi connectivity index (χ0n) is 16.0. The predicted octanol–water partition coefficient (Wildman–Crippen LogP) is 2.18. The first-order valence-corrected chi connectivity index (χ1v) is 8.97. The van der Waals surface area contributed by atoms with Crippen LogP contribution in [0.15, 0.2) is 46.2 Å². The molecule has 0 unspecified atom stereocenters. The van der Waals surface area contributed by atoms with E-state index in [-0.39, 0.29) is 41.8 Å². The van der Waals surface area contributed by atoms with Gasteiger partial charge in [0.1, 0.15) is 5.75 Å². The quantitative estimate of drug-likeness (QED) is 0.703. The molecule has 0 spiro atoms. The summed E-state index contributed by atoms with van der Waals surface area (Å²) in [7, 11) is 0. The van der Waals surface area contributed by atoms with Gasteiger partial charge in [0.05, 0.1) is 17.2 Å². The van der Waals surface area contributed by atoms with E-state index in [1.54, 1.807) is 25.1 Å². The number of carbonyl (C=O) groups is 1. The summed E-state index contributed by atoms with van der Waals surface area (Å²) in [5.41, 5.74) is 1.10. The fourth-order valence-corrected chi connectivity index (χ4v) is 3.02. The van der Waals surface area contributed by atoms with Gasteiger partial charge in [0.2, 0.25) is 5.91 Å². The highest BCUT2D eigenvalue weighted by Gasteiger charge is 2.10. The lowest BCUT2D eigenvalue weighted by Gasteiger charge is -2.12. The molecule has 0 aliphatic heterocycles. The molecule has 0 radical (unpaired) electrons. The third kappa shape index (κ3) is 3.95. The summed E-state index contributed by atoms with van der Waals surface area (Å²) in [6.45, 7) is 5.67. The molecule has 1 amide bonds. The van der Waals surface area contributed by atoms with Crippen LogP contribution in [-0.2, 0) is 11.3 Å². The van der Waals surface area contributed by atoms with Crippen molar-refractivity contribution in [2.24, 2.45) is 0 Å². The van der Waals surface area contributed by atoms with Crippen LogP contribution < -0.4 is 16.4 Å². The summed E-state index contributed by atoms with van der Waals surface area (Å²) in [5.74, 6) is -0.383. The standard InChI is InChI=1S/C20H22N4O4/c1-12(2)24-11-21-17-5-4-14(9-16(17)20(24)28)22-18(26)6-7-23-13(3)8-15(25)10-19(23)27/h4-5,8-12,25H,6-7H2,1-3H3,(H,22,26). The average Bonchev–Trinajstić information content (AvgIpc) is 2.61. The van der Waals surface area contributed by atoms with E-state index < -0.39 is 0 Å². The normalized spacial score (nSPS) is 11.1. The van der Waals surface area contributed by atoms with Crippen molar-refractivity contribution in [3.05, 3.63) is 63.1 Å². The summed E-state index contributed by atoms with van der Waals surface area (Å²) in [5, 5.41) is 12.6. The van der Waals surface area contributed by atoms with E-state index >= 15 is 0 Å². The lowest BCUT2D eigenvalue weighted by molar-refractivity contribution is -0.116. The third-order valence-electron chi connectivity index (χ3n) is 4.51. The number of carbonyl (C=O) groups excluding carboxylic acids is 1. The van der Waals surface area contributed by atoms with Crippen molar-refractivity contribution < 1.29 is 9.90 Å². The SMILES string of the molecule is Cc1cc(O)cc(=O)n1CCC(=O)Nc1ccc2ncn(C(C)C)c(=O)c2c1. The number of hydrogen-bond donors (Lipinski definition) is 2. The summed E-state index contributed by atoms with van der Waals surface area (Å²) in [6, 6.07) is 7.54. The van der Waals surface area contributed by atoms with Gasteiger partial charge in [-0.15, -0.1) is 0 Å². The molecule has 2 heterocycles. The molecule has 0 aliphatic rings. The first-order chi connectivity index (χ1) is 13.3. The van der Waals surface area contributed by atoms with Gasteiger partial charge in [-0.05, 0) is 45.0 Å². The van der Waals surface area contributed by atoms with Crippen LogP contribution in [0.3, 0.4) is 0 Å². The molecule has 0 saturated heterocycles. The molecule has 3 aromatic rings. The Morgan fingerprint density at radius 2 is 1.96 bits per heavy atom.